The van der Waals surface area contributed by atoms with Crippen molar-refractivity contribution >= 4 is 37.7 Å². The van der Waals surface area contributed by atoms with Crippen molar-refractivity contribution in [3.05, 3.63) is 132 Å². The number of rotatable bonds is 4. The molecule has 7 rings (SSSR count). The Morgan fingerprint density at radius 1 is 0.447 bits per heavy atom. The Bertz CT molecular complexity index is 1850. The minimum atomic E-state index is 0.597. The fourth-order valence-electron chi connectivity index (χ4n) is 4.91. The van der Waals surface area contributed by atoms with Crippen LogP contribution in [-0.4, -0.2) is 19.5 Å². The Hall–Kier alpha value is -4.61. The molecule has 0 saturated carbocycles. The van der Waals surface area contributed by atoms with Gasteiger partial charge in [-0.05, 0) is 41.5 Å². The van der Waals surface area contributed by atoms with Gasteiger partial charge in [0, 0.05) is 26.4 Å². The third kappa shape index (κ3) is 3.98. The summed E-state index contributed by atoms with van der Waals surface area (Å²) in [5, 5.41) is 2.31. The maximum Gasteiger partial charge on any atom is 0.238 e. The first-order valence-electron chi connectivity index (χ1n) is 12.4. The van der Waals surface area contributed by atoms with E-state index in [9.17, 15) is 0 Å². The zero-order valence-corrected chi connectivity index (χ0v) is 21.9. The van der Waals surface area contributed by atoms with Gasteiger partial charge in [-0.2, -0.15) is 9.97 Å². The summed E-state index contributed by atoms with van der Waals surface area (Å²) >= 11 is 3.54. The van der Waals surface area contributed by atoms with Gasteiger partial charge in [0.05, 0.1) is 11.0 Å². The zero-order chi connectivity index (χ0) is 25.5. The number of hydrogen-bond acceptors (Lipinski definition) is 3. The van der Waals surface area contributed by atoms with Crippen LogP contribution in [-0.2, 0) is 0 Å². The van der Waals surface area contributed by atoms with Gasteiger partial charge in [0.2, 0.25) is 5.95 Å². The highest BCUT2D eigenvalue weighted by atomic mass is 79.9. The van der Waals surface area contributed by atoms with Crippen LogP contribution < -0.4 is 0 Å². The van der Waals surface area contributed by atoms with E-state index in [4.69, 9.17) is 15.0 Å². The van der Waals surface area contributed by atoms with Gasteiger partial charge in [-0.1, -0.05) is 113 Å². The van der Waals surface area contributed by atoms with Crippen molar-refractivity contribution in [3.63, 3.8) is 0 Å². The molecule has 0 N–H and O–H groups in total. The van der Waals surface area contributed by atoms with E-state index >= 15 is 0 Å². The fourth-order valence-corrected chi connectivity index (χ4v) is 5.17. The van der Waals surface area contributed by atoms with Crippen LogP contribution in [0.25, 0.3) is 61.7 Å². The predicted octanol–water partition coefficient (Wildman–Crippen LogP) is 8.73. The van der Waals surface area contributed by atoms with E-state index in [2.05, 4.69) is 87.2 Å². The van der Waals surface area contributed by atoms with E-state index in [1.165, 1.54) is 11.1 Å². The molecule has 0 aliphatic rings. The molecule has 0 spiro atoms. The SMILES string of the molecule is Brc1ccc(-c2ccc3c(c2)c2ccccc2n3-c2nc(-c3ccccc3)nc(-c3ccccc3)n2)cc1. The average Bonchev–Trinajstić information content (AvgIpc) is 3.32. The van der Waals surface area contributed by atoms with Crippen LogP contribution in [0.5, 0.6) is 0 Å². The average molecular weight is 553 g/mol. The van der Waals surface area contributed by atoms with Crippen molar-refractivity contribution in [3.8, 4) is 39.9 Å². The van der Waals surface area contributed by atoms with Crippen LogP contribution in [0.3, 0.4) is 0 Å². The molecule has 2 aromatic heterocycles. The highest BCUT2D eigenvalue weighted by Gasteiger charge is 2.18. The van der Waals surface area contributed by atoms with E-state index in [-0.39, 0.29) is 0 Å². The van der Waals surface area contributed by atoms with Gasteiger partial charge in [-0.25, -0.2) is 4.98 Å². The molecule has 0 bridgehead atoms. The molecule has 180 valence electrons. The largest absolute Gasteiger partial charge is 0.278 e. The summed E-state index contributed by atoms with van der Waals surface area (Å²) in [5.41, 5.74) is 6.34. The first-order valence-corrected chi connectivity index (χ1v) is 13.2. The molecular weight excluding hydrogens is 532 g/mol. The second-order valence-electron chi connectivity index (χ2n) is 9.11. The number of aromatic nitrogens is 4. The van der Waals surface area contributed by atoms with Crippen molar-refractivity contribution in [2.75, 3.05) is 0 Å². The van der Waals surface area contributed by atoms with Gasteiger partial charge < -0.3 is 0 Å². The van der Waals surface area contributed by atoms with Crippen LogP contribution in [0.1, 0.15) is 0 Å². The molecule has 7 aromatic rings. The summed E-state index contributed by atoms with van der Waals surface area (Å²) in [7, 11) is 0. The third-order valence-electron chi connectivity index (χ3n) is 6.74. The summed E-state index contributed by atoms with van der Waals surface area (Å²) in [4.78, 5) is 14.9. The molecule has 4 nitrogen and oxygen atoms in total. The van der Waals surface area contributed by atoms with Gasteiger partial charge in [0.25, 0.3) is 0 Å². The van der Waals surface area contributed by atoms with Crippen molar-refractivity contribution in [2.24, 2.45) is 0 Å². The monoisotopic (exact) mass is 552 g/mol. The van der Waals surface area contributed by atoms with Gasteiger partial charge in [-0.15, -0.1) is 0 Å². The molecule has 0 aliphatic carbocycles. The molecule has 0 amide bonds. The zero-order valence-electron chi connectivity index (χ0n) is 20.3. The second-order valence-corrected chi connectivity index (χ2v) is 10.0. The Morgan fingerprint density at radius 3 is 1.66 bits per heavy atom. The number of halogens is 1. The Morgan fingerprint density at radius 2 is 1.00 bits per heavy atom. The molecule has 0 unspecified atom stereocenters. The first-order chi connectivity index (χ1) is 18.7. The van der Waals surface area contributed by atoms with Gasteiger partial charge in [-0.3, -0.25) is 4.57 Å². The maximum atomic E-state index is 5.00. The normalized spacial score (nSPS) is 11.3. The molecule has 5 heteroatoms. The molecule has 0 saturated heterocycles. The fraction of sp³-hybridized carbons (Fsp3) is 0. The van der Waals surface area contributed by atoms with Crippen LogP contribution in [0.15, 0.2) is 132 Å². The molecular formula is C33H21BrN4. The first kappa shape index (κ1) is 22.6. The topological polar surface area (TPSA) is 43.6 Å². The lowest BCUT2D eigenvalue weighted by Crippen LogP contribution is -2.06. The number of para-hydroxylation sites is 1. The number of nitrogens with zero attached hydrogens (tertiary/aromatic N) is 4. The van der Waals surface area contributed by atoms with Crippen LogP contribution in [0, 0.1) is 0 Å². The van der Waals surface area contributed by atoms with Crippen molar-refractivity contribution < 1.29 is 0 Å². The molecule has 0 fully saturated rings. The molecule has 0 aliphatic heterocycles. The highest BCUT2D eigenvalue weighted by Crippen LogP contribution is 2.35. The van der Waals surface area contributed by atoms with E-state index < -0.39 is 0 Å². The Balaban J connectivity index is 1.50. The van der Waals surface area contributed by atoms with Crippen LogP contribution in [0.4, 0.5) is 0 Å². The lowest BCUT2D eigenvalue weighted by molar-refractivity contribution is 0.953. The quantitative estimate of drug-likeness (QED) is 0.219. The predicted molar refractivity (Wildman–Crippen MR) is 158 cm³/mol. The number of benzene rings is 5. The second kappa shape index (κ2) is 9.36. The maximum absolute atomic E-state index is 5.00. The minimum absolute atomic E-state index is 0.597. The standard InChI is InChI=1S/C33H21BrN4/c34-26-18-15-22(16-19-26)25-17-20-30-28(21-25)27-13-7-8-14-29(27)38(30)33-36-31(23-9-3-1-4-10-23)35-32(37-33)24-11-5-2-6-12-24/h1-21H. The minimum Gasteiger partial charge on any atom is -0.278 e. The lowest BCUT2D eigenvalue weighted by atomic mass is 10.0. The molecule has 2 heterocycles. The van der Waals surface area contributed by atoms with Crippen molar-refractivity contribution in [1.29, 1.82) is 0 Å². The summed E-state index contributed by atoms with van der Waals surface area (Å²) in [6, 6.07) is 43.6. The van der Waals surface area contributed by atoms with Gasteiger partial charge >= 0.3 is 0 Å². The lowest BCUT2D eigenvalue weighted by Gasteiger charge is -2.11. The van der Waals surface area contributed by atoms with Crippen LogP contribution in [0.2, 0.25) is 0 Å². The molecule has 0 atom stereocenters. The Labute approximate surface area is 228 Å². The van der Waals surface area contributed by atoms with Crippen molar-refractivity contribution in [2.45, 2.75) is 0 Å². The van der Waals surface area contributed by atoms with E-state index in [1.807, 2.05) is 60.7 Å². The van der Waals surface area contributed by atoms with E-state index in [1.54, 1.807) is 0 Å². The third-order valence-corrected chi connectivity index (χ3v) is 7.27. The van der Waals surface area contributed by atoms with E-state index in [0.29, 0.717) is 17.6 Å². The van der Waals surface area contributed by atoms with E-state index in [0.717, 1.165) is 37.4 Å². The summed E-state index contributed by atoms with van der Waals surface area (Å²) in [6.45, 7) is 0. The smallest absolute Gasteiger partial charge is 0.238 e. The summed E-state index contributed by atoms with van der Waals surface area (Å²) < 4.78 is 3.22. The van der Waals surface area contributed by atoms with Gasteiger partial charge in [0.15, 0.2) is 11.6 Å². The number of fused-ring (bicyclic) bond motifs is 3. The summed E-state index contributed by atoms with van der Waals surface area (Å²) in [5.74, 6) is 1.89. The summed E-state index contributed by atoms with van der Waals surface area (Å²) in [6.07, 6.45) is 0. The molecule has 0 radical (unpaired) electrons. The van der Waals surface area contributed by atoms with Gasteiger partial charge in [0.1, 0.15) is 0 Å². The van der Waals surface area contributed by atoms with Crippen LogP contribution >= 0.6 is 15.9 Å². The Kier molecular flexibility index (Phi) is 5.56. The molecule has 5 aromatic carbocycles. The number of hydrogen-bond donors (Lipinski definition) is 0. The molecule has 38 heavy (non-hydrogen) atoms. The highest BCUT2D eigenvalue weighted by molar-refractivity contribution is 9.10. The van der Waals surface area contributed by atoms with Crippen molar-refractivity contribution in [1.82, 2.24) is 19.5 Å².